The van der Waals surface area contributed by atoms with Crippen LogP contribution in [0.15, 0.2) is 0 Å². The number of likely N-dealkylation sites (N-methyl/N-ethyl adjacent to an activating group) is 1. The summed E-state index contributed by atoms with van der Waals surface area (Å²) in [6.45, 7) is 5.57. The van der Waals surface area contributed by atoms with Gasteiger partial charge in [-0.3, -0.25) is 4.79 Å². The summed E-state index contributed by atoms with van der Waals surface area (Å²) in [5.41, 5.74) is 0. The topological polar surface area (TPSA) is 35.6 Å². The van der Waals surface area contributed by atoms with Crippen molar-refractivity contribution in [3.63, 3.8) is 0 Å². The Balaban J connectivity index is 1.68. The molecular weight excluding hydrogens is 214 g/mol. The Morgan fingerprint density at radius 2 is 1.94 bits per heavy atom. The van der Waals surface area contributed by atoms with Crippen molar-refractivity contribution in [3.05, 3.63) is 0 Å². The Labute approximate surface area is 104 Å². The second-order valence-corrected chi connectivity index (χ2v) is 5.21. The third kappa shape index (κ3) is 3.42. The number of carbonyl (C=O) groups is 1. The molecule has 1 N–H and O–H groups in total. The normalized spacial score (nSPS) is 26.8. The smallest absolute Gasteiger partial charge is 0.239 e. The fourth-order valence-electron chi connectivity index (χ4n) is 2.92. The third-order valence-corrected chi connectivity index (χ3v) is 3.98. The van der Waals surface area contributed by atoms with Crippen LogP contribution in [0.25, 0.3) is 0 Å². The maximum absolute atomic E-state index is 12.0. The molecule has 2 rings (SSSR count). The minimum Gasteiger partial charge on any atom is -0.341 e. The highest BCUT2D eigenvalue weighted by molar-refractivity contribution is 5.82. The predicted molar refractivity (Wildman–Crippen MR) is 69.0 cm³/mol. The fraction of sp³-hybridized carbons (Fsp3) is 0.923. The molecule has 0 aromatic rings. The highest BCUT2D eigenvalue weighted by Gasteiger charge is 2.26. The molecule has 2 fully saturated rings. The van der Waals surface area contributed by atoms with E-state index in [0.29, 0.717) is 5.91 Å². The summed E-state index contributed by atoms with van der Waals surface area (Å²) < 4.78 is 0. The van der Waals surface area contributed by atoms with Crippen molar-refractivity contribution in [1.29, 1.82) is 0 Å². The number of nitrogens with one attached hydrogen (secondary N) is 1. The number of hydrogen-bond acceptors (Lipinski definition) is 3. The molecule has 1 unspecified atom stereocenters. The van der Waals surface area contributed by atoms with Crippen LogP contribution in [0.2, 0.25) is 0 Å². The first-order chi connectivity index (χ1) is 8.31. The SMILES string of the molecule is CNC1CCCN(CCCN2CCCC2)C1=O. The average Bonchev–Trinajstić information content (AvgIpc) is 2.84. The van der Waals surface area contributed by atoms with E-state index in [1.165, 1.54) is 25.9 Å². The van der Waals surface area contributed by atoms with Crippen LogP contribution in [0.4, 0.5) is 0 Å². The van der Waals surface area contributed by atoms with Crippen molar-refractivity contribution < 1.29 is 4.79 Å². The van der Waals surface area contributed by atoms with E-state index in [-0.39, 0.29) is 6.04 Å². The van der Waals surface area contributed by atoms with Crippen LogP contribution in [0, 0.1) is 0 Å². The van der Waals surface area contributed by atoms with Crippen molar-refractivity contribution in [2.75, 3.05) is 39.8 Å². The quantitative estimate of drug-likeness (QED) is 0.766. The van der Waals surface area contributed by atoms with Gasteiger partial charge in [-0.15, -0.1) is 0 Å². The first kappa shape index (κ1) is 12.8. The van der Waals surface area contributed by atoms with Gasteiger partial charge in [-0.25, -0.2) is 0 Å². The maximum atomic E-state index is 12.0. The van der Waals surface area contributed by atoms with E-state index in [1.807, 2.05) is 11.9 Å². The zero-order valence-electron chi connectivity index (χ0n) is 11.0. The average molecular weight is 239 g/mol. The molecule has 0 aromatic carbocycles. The van der Waals surface area contributed by atoms with E-state index < -0.39 is 0 Å². The lowest BCUT2D eigenvalue weighted by atomic mass is 10.0. The molecular formula is C13H25N3O. The van der Waals surface area contributed by atoms with Crippen LogP contribution in [0.3, 0.4) is 0 Å². The number of carbonyl (C=O) groups excluding carboxylic acids is 1. The number of nitrogens with zero attached hydrogens (tertiary/aromatic N) is 2. The molecule has 0 spiro atoms. The maximum Gasteiger partial charge on any atom is 0.239 e. The van der Waals surface area contributed by atoms with E-state index in [2.05, 4.69) is 10.2 Å². The highest BCUT2D eigenvalue weighted by Crippen LogP contribution is 2.13. The van der Waals surface area contributed by atoms with E-state index in [4.69, 9.17) is 0 Å². The molecule has 1 atom stereocenters. The van der Waals surface area contributed by atoms with Crippen LogP contribution in [-0.4, -0.2) is 61.5 Å². The fourth-order valence-corrected chi connectivity index (χ4v) is 2.92. The van der Waals surface area contributed by atoms with Crippen molar-refractivity contribution in [3.8, 4) is 0 Å². The number of hydrogen-bond donors (Lipinski definition) is 1. The first-order valence-electron chi connectivity index (χ1n) is 6.99. The second kappa shape index (κ2) is 6.36. The summed E-state index contributed by atoms with van der Waals surface area (Å²) in [5.74, 6) is 0.306. The lowest BCUT2D eigenvalue weighted by molar-refractivity contribution is -0.135. The zero-order chi connectivity index (χ0) is 12.1. The minimum atomic E-state index is 0.0653. The molecule has 2 saturated heterocycles. The molecule has 2 aliphatic rings. The summed E-state index contributed by atoms with van der Waals surface area (Å²) in [6, 6.07) is 0.0653. The largest absolute Gasteiger partial charge is 0.341 e. The summed E-state index contributed by atoms with van der Waals surface area (Å²) >= 11 is 0. The van der Waals surface area contributed by atoms with Crippen molar-refractivity contribution in [2.24, 2.45) is 0 Å². The molecule has 98 valence electrons. The first-order valence-corrected chi connectivity index (χ1v) is 6.99. The van der Waals surface area contributed by atoms with E-state index in [1.54, 1.807) is 0 Å². The van der Waals surface area contributed by atoms with Crippen LogP contribution < -0.4 is 5.32 Å². The molecule has 1 amide bonds. The van der Waals surface area contributed by atoms with Gasteiger partial charge in [-0.2, -0.15) is 0 Å². The standard InChI is InChI=1S/C13H25N3O/c1-14-12-6-4-10-16(13(12)17)11-5-9-15-7-2-3-8-15/h12,14H,2-11H2,1H3. The third-order valence-electron chi connectivity index (χ3n) is 3.98. The predicted octanol–water partition coefficient (Wildman–Crippen LogP) is 0.683. The molecule has 2 aliphatic heterocycles. The number of piperidine rings is 1. The Hall–Kier alpha value is -0.610. The summed E-state index contributed by atoms with van der Waals surface area (Å²) in [6.07, 6.45) is 5.97. The van der Waals surface area contributed by atoms with Crippen molar-refractivity contribution in [1.82, 2.24) is 15.1 Å². The Bertz CT molecular complexity index is 251. The molecule has 17 heavy (non-hydrogen) atoms. The van der Waals surface area contributed by atoms with Gasteiger partial charge in [0.2, 0.25) is 5.91 Å². The van der Waals surface area contributed by atoms with Crippen LogP contribution in [0.1, 0.15) is 32.1 Å². The molecule has 4 nitrogen and oxygen atoms in total. The van der Waals surface area contributed by atoms with Gasteiger partial charge in [0.25, 0.3) is 0 Å². The Morgan fingerprint density at radius 3 is 2.65 bits per heavy atom. The van der Waals surface area contributed by atoms with Gasteiger partial charge < -0.3 is 15.1 Å². The Kier molecular flexibility index (Phi) is 4.80. The van der Waals surface area contributed by atoms with E-state index in [0.717, 1.165) is 38.9 Å². The van der Waals surface area contributed by atoms with E-state index >= 15 is 0 Å². The molecule has 4 heteroatoms. The van der Waals surface area contributed by atoms with Gasteiger partial charge in [0.15, 0.2) is 0 Å². The summed E-state index contributed by atoms with van der Waals surface area (Å²) in [5, 5.41) is 3.11. The van der Waals surface area contributed by atoms with Gasteiger partial charge in [0.1, 0.15) is 0 Å². The highest BCUT2D eigenvalue weighted by atomic mass is 16.2. The second-order valence-electron chi connectivity index (χ2n) is 5.21. The zero-order valence-corrected chi connectivity index (χ0v) is 11.0. The van der Waals surface area contributed by atoms with Gasteiger partial charge in [-0.05, 0) is 58.8 Å². The van der Waals surface area contributed by atoms with Crippen LogP contribution in [-0.2, 0) is 4.79 Å². The van der Waals surface area contributed by atoms with Crippen LogP contribution >= 0.6 is 0 Å². The molecule has 0 radical (unpaired) electrons. The molecule has 0 aliphatic carbocycles. The lowest BCUT2D eigenvalue weighted by Crippen LogP contribution is -2.50. The monoisotopic (exact) mass is 239 g/mol. The van der Waals surface area contributed by atoms with Gasteiger partial charge >= 0.3 is 0 Å². The molecule has 0 saturated carbocycles. The summed E-state index contributed by atoms with van der Waals surface area (Å²) in [7, 11) is 1.89. The number of amides is 1. The number of likely N-dealkylation sites (tertiary alicyclic amines) is 2. The Morgan fingerprint density at radius 1 is 1.18 bits per heavy atom. The minimum absolute atomic E-state index is 0.0653. The summed E-state index contributed by atoms with van der Waals surface area (Å²) in [4.78, 5) is 16.6. The van der Waals surface area contributed by atoms with Gasteiger partial charge in [-0.1, -0.05) is 0 Å². The number of rotatable bonds is 5. The molecule has 0 aromatic heterocycles. The van der Waals surface area contributed by atoms with Crippen molar-refractivity contribution >= 4 is 5.91 Å². The molecule has 2 heterocycles. The van der Waals surface area contributed by atoms with Crippen LogP contribution in [0.5, 0.6) is 0 Å². The van der Waals surface area contributed by atoms with Crippen molar-refractivity contribution in [2.45, 2.75) is 38.1 Å². The van der Waals surface area contributed by atoms with Gasteiger partial charge in [0, 0.05) is 13.1 Å². The lowest BCUT2D eigenvalue weighted by Gasteiger charge is -2.32. The molecule has 0 bridgehead atoms. The van der Waals surface area contributed by atoms with E-state index in [9.17, 15) is 4.79 Å². The van der Waals surface area contributed by atoms with Gasteiger partial charge in [0.05, 0.1) is 6.04 Å².